The number of allylic oxidation sites excluding steroid dienone is 1. The second-order valence-electron chi connectivity index (χ2n) is 6.85. The predicted molar refractivity (Wildman–Crippen MR) is 112 cm³/mol. The van der Waals surface area contributed by atoms with Gasteiger partial charge in [0.15, 0.2) is 5.78 Å². The molecule has 0 spiro atoms. The molecule has 1 fully saturated rings. The Morgan fingerprint density at radius 1 is 0.759 bits per heavy atom. The first-order valence-electron chi connectivity index (χ1n) is 9.41. The number of hydrogen-bond donors (Lipinski definition) is 0. The van der Waals surface area contributed by atoms with Gasteiger partial charge in [0, 0.05) is 5.69 Å². The van der Waals surface area contributed by atoms with E-state index < -0.39 is 23.7 Å². The Morgan fingerprint density at radius 2 is 1.31 bits per heavy atom. The van der Waals surface area contributed by atoms with Crippen LogP contribution in [-0.2, 0) is 14.4 Å². The minimum Gasteiger partial charge on any atom is -0.297 e. The molecule has 1 heterocycles. The van der Waals surface area contributed by atoms with E-state index in [0.29, 0.717) is 5.69 Å². The van der Waals surface area contributed by atoms with Gasteiger partial charge in [-0.05, 0) is 29.3 Å². The molecule has 3 aromatic carbocycles. The smallest absolute Gasteiger partial charge is 0.295 e. The van der Waals surface area contributed by atoms with Gasteiger partial charge in [-0.1, -0.05) is 84.9 Å². The van der Waals surface area contributed by atoms with Crippen molar-refractivity contribution in [1.29, 1.82) is 0 Å². The van der Waals surface area contributed by atoms with Gasteiger partial charge >= 0.3 is 0 Å². The number of para-hydroxylation sites is 1. The molecule has 142 valence electrons. The first-order valence-corrected chi connectivity index (χ1v) is 9.41. The maximum Gasteiger partial charge on any atom is 0.295 e. The summed E-state index contributed by atoms with van der Waals surface area (Å²) in [5, 5.41) is 0. The first kappa shape index (κ1) is 18.6. The third kappa shape index (κ3) is 3.65. The van der Waals surface area contributed by atoms with Gasteiger partial charge in [-0.3, -0.25) is 19.3 Å². The van der Waals surface area contributed by atoms with Crippen molar-refractivity contribution in [2.45, 2.75) is 6.04 Å². The van der Waals surface area contributed by atoms with Crippen molar-refractivity contribution in [3.8, 4) is 0 Å². The standard InChI is InChI=1S/C25H19NO3/c27-21(17-16-18-10-4-1-5-11-18)22-23(19-12-6-2-7-13-19)26(25(29)24(22)28)20-14-8-3-9-15-20/h1-17,22-23H/b17-16+. The van der Waals surface area contributed by atoms with Crippen molar-refractivity contribution >= 4 is 29.2 Å². The normalized spacial score (nSPS) is 19.1. The van der Waals surface area contributed by atoms with Gasteiger partial charge in [0.05, 0.1) is 6.04 Å². The van der Waals surface area contributed by atoms with Crippen LogP contribution in [0.3, 0.4) is 0 Å². The van der Waals surface area contributed by atoms with Crippen LogP contribution in [0.4, 0.5) is 5.69 Å². The summed E-state index contributed by atoms with van der Waals surface area (Å²) in [5.41, 5.74) is 2.21. The highest BCUT2D eigenvalue weighted by Crippen LogP contribution is 2.40. The molecule has 1 aliphatic heterocycles. The van der Waals surface area contributed by atoms with Crippen molar-refractivity contribution in [1.82, 2.24) is 0 Å². The third-order valence-corrected chi connectivity index (χ3v) is 5.03. The number of benzene rings is 3. The van der Waals surface area contributed by atoms with Gasteiger partial charge in [0.2, 0.25) is 5.78 Å². The molecule has 2 unspecified atom stereocenters. The summed E-state index contributed by atoms with van der Waals surface area (Å²) in [7, 11) is 0. The van der Waals surface area contributed by atoms with Crippen molar-refractivity contribution in [2.75, 3.05) is 4.90 Å². The lowest BCUT2D eigenvalue weighted by Crippen LogP contribution is -2.30. The fraction of sp³-hybridized carbons (Fsp3) is 0.0800. The summed E-state index contributed by atoms with van der Waals surface area (Å²) in [6.07, 6.45) is 3.07. The minimum absolute atomic E-state index is 0.375. The molecule has 4 nitrogen and oxygen atoms in total. The predicted octanol–water partition coefficient (Wildman–Crippen LogP) is 4.24. The van der Waals surface area contributed by atoms with E-state index >= 15 is 0 Å². The molecule has 4 rings (SSSR count). The van der Waals surface area contributed by atoms with Gasteiger partial charge in [0.1, 0.15) is 5.92 Å². The number of Topliss-reactive ketones (excluding diaryl/α,β-unsaturated/α-hetero) is 1. The number of carbonyl (C=O) groups is 3. The topological polar surface area (TPSA) is 54.5 Å². The van der Waals surface area contributed by atoms with Gasteiger partial charge < -0.3 is 0 Å². The number of anilines is 1. The molecule has 0 bridgehead atoms. The Morgan fingerprint density at radius 3 is 1.93 bits per heavy atom. The summed E-state index contributed by atoms with van der Waals surface area (Å²) in [5.74, 6) is -2.79. The SMILES string of the molecule is O=C(/C=C/c1ccccc1)C1C(=O)C(=O)N(c2ccccc2)C1c1ccccc1. The van der Waals surface area contributed by atoms with Crippen molar-refractivity contribution in [3.63, 3.8) is 0 Å². The molecule has 1 saturated heterocycles. The van der Waals surface area contributed by atoms with Crippen LogP contribution >= 0.6 is 0 Å². The molecule has 4 heteroatoms. The molecule has 29 heavy (non-hydrogen) atoms. The van der Waals surface area contributed by atoms with Crippen molar-refractivity contribution < 1.29 is 14.4 Å². The second kappa shape index (κ2) is 8.07. The van der Waals surface area contributed by atoms with E-state index in [1.807, 2.05) is 66.7 Å². The molecule has 0 aliphatic carbocycles. The molecule has 1 amide bonds. The fourth-order valence-corrected chi connectivity index (χ4v) is 3.66. The molecular formula is C25H19NO3. The van der Waals surface area contributed by atoms with Crippen LogP contribution in [0.2, 0.25) is 0 Å². The lowest BCUT2D eigenvalue weighted by atomic mass is 9.88. The Hall–Kier alpha value is -3.79. The Labute approximate surface area is 169 Å². The Bertz CT molecular complexity index is 1060. The van der Waals surface area contributed by atoms with E-state index in [1.165, 1.54) is 11.0 Å². The summed E-state index contributed by atoms with van der Waals surface area (Å²) < 4.78 is 0. The van der Waals surface area contributed by atoms with E-state index in [0.717, 1.165) is 11.1 Å². The third-order valence-electron chi connectivity index (χ3n) is 5.03. The maximum atomic E-state index is 13.0. The number of hydrogen-bond acceptors (Lipinski definition) is 3. The number of ketones is 2. The van der Waals surface area contributed by atoms with E-state index in [-0.39, 0.29) is 5.78 Å². The van der Waals surface area contributed by atoms with E-state index in [9.17, 15) is 14.4 Å². The monoisotopic (exact) mass is 381 g/mol. The Kier molecular flexibility index (Phi) is 5.16. The van der Waals surface area contributed by atoms with Gasteiger partial charge in [-0.15, -0.1) is 0 Å². The maximum absolute atomic E-state index is 13.0. The molecule has 0 aromatic heterocycles. The van der Waals surface area contributed by atoms with Crippen molar-refractivity contribution in [3.05, 3.63) is 108 Å². The van der Waals surface area contributed by atoms with Crippen LogP contribution in [0, 0.1) is 5.92 Å². The average molecular weight is 381 g/mol. The largest absolute Gasteiger partial charge is 0.297 e. The van der Waals surface area contributed by atoms with Gasteiger partial charge in [-0.2, -0.15) is 0 Å². The minimum atomic E-state index is -1.08. The first-order chi connectivity index (χ1) is 14.2. The zero-order chi connectivity index (χ0) is 20.2. The van der Waals surface area contributed by atoms with Crippen LogP contribution in [0.5, 0.6) is 0 Å². The summed E-state index contributed by atoms with van der Waals surface area (Å²) in [4.78, 5) is 40.2. The summed E-state index contributed by atoms with van der Waals surface area (Å²) >= 11 is 0. The summed E-state index contributed by atoms with van der Waals surface area (Å²) in [6, 6.07) is 26.9. The molecule has 0 N–H and O–H groups in total. The lowest BCUT2D eigenvalue weighted by Gasteiger charge is -2.26. The van der Waals surface area contributed by atoms with Crippen LogP contribution in [0.25, 0.3) is 6.08 Å². The number of amides is 1. The zero-order valence-electron chi connectivity index (χ0n) is 15.6. The van der Waals surface area contributed by atoms with E-state index in [2.05, 4.69) is 0 Å². The number of rotatable bonds is 5. The van der Waals surface area contributed by atoms with Crippen molar-refractivity contribution in [2.24, 2.45) is 5.92 Å². The van der Waals surface area contributed by atoms with Gasteiger partial charge in [0.25, 0.3) is 5.91 Å². The molecule has 0 radical (unpaired) electrons. The Balaban J connectivity index is 1.75. The molecule has 2 atom stereocenters. The van der Waals surface area contributed by atoms with Crippen LogP contribution < -0.4 is 4.90 Å². The summed E-state index contributed by atoms with van der Waals surface area (Å²) in [6.45, 7) is 0. The number of carbonyl (C=O) groups excluding carboxylic acids is 3. The molecular weight excluding hydrogens is 362 g/mol. The second-order valence-corrected chi connectivity index (χ2v) is 6.85. The average Bonchev–Trinajstić information content (AvgIpc) is 3.05. The van der Waals surface area contributed by atoms with Crippen LogP contribution in [-0.4, -0.2) is 17.5 Å². The highest BCUT2D eigenvalue weighted by molar-refractivity contribution is 6.48. The lowest BCUT2D eigenvalue weighted by molar-refractivity contribution is -0.138. The molecule has 0 saturated carbocycles. The van der Waals surface area contributed by atoms with Gasteiger partial charge in [-0.25, -0.2) is 0 Å². The zero-order valence-corrected chi connectivity index (χ0v) is 15.6. The molecule has 3 aromatic rings. The van der Waals surface area contributed by atoms with E-state index in [1.54, 1.807) is 30.3 Å². The highest BCUT2D eigenvalue weighted by atomic mass is 16.2. The fourth-order valence-electron chi connectivity index (χ4n) is 3.66. The number of nitrogens with zero attached hydrogens (tertiary/aromatic N) is 1. The quantitative estimate of drug-likeness (QED) is 0.377. The van der Waals surface area contributed by atoms with E-state index in [4.69, 9.17) is 0 Å². The van der Waals surface area contributed by atoms with Crippen LogP contribution in [0.15, 0.2) is 97.1 Å². The molecule has 1 aliphatic rings. The van der Waals surface area contributed by atoms with Crippen LogP contribution in [0.1, 0.15) is 17.2 Å². The highest BCUT2D eigenvalue weighted by Gasteiger charge is 2.51.